The van der Waals surface area contributed by atoms with Gasteiger partial charge in [-0.2, -0.15) is 0 Å². The summed E-state index contributed by atoms with van der Waals surface area (Å²) in [7, 11) is 1.73. The fourth-order valence-corrected chi connectivity index (χ4v) is 4.15. The van der Waals surface area contributed by atoms with Crippen LogP contribution >= 0.6 is 0 Å². The summed E-state index contributed by atoms with van der Waals surface area (Å²) in [6.07, 6.45) is 4.59. The van der Waals surface area contributed by atoms with E-state index in [2.05, 4.69) is 17.5 Å². The first-order valence-electron chi connectivity index (χ1n) is 10.6. The van der Waals surface area contributed by atoms with Crippen LogP contribution in [0.4, 0.5) is 11.4 Å². The van der Waals surface area contributed by atoms with Crippen molar-refractivity contribution in [2.75, 3.05) is 5.32 Å². The molecular weight excluding hydrogens is 398 g/mol. The van der Waals surface area contributed by atoms with Crippen molar-refractivity contribution in [3.8, 4) is 5.75 Å². The largest absolute Gasteiger partial charge is 0.506 e. The molecule has 1 atom stereocenters. The fraction of sp³-hybridized carbons (Fsp3) is 0.111. The third-order valence-corrected chi connectivity index (χ3v) is 5.80. The normalized spacial score (nSPS) is 15.8. The zero-order chi connectivity index (χ0) is 22.1. The smallest absolute Gasteiger partial charge is 0.263 e. The van der Waals surface area contributed by atoms with Crippen LogP contribution in [0.2, 0.25) is 0 Å². The number of nitrogens with zero attached hydrogens (tertiary/aromatic N) is 2. The van der Waals surface area contributed by atoms with Crippen LogP contribution in [0.5, 0.6) is 5.75 Å². The Morgan fingerprint density at radius 2 is 1.72 bits per heavy atom. The minimum absolute atomic E-state index is 0.0207. The number of para-hydroxylation sites is 3. The molecule has 0 unspecified atom stereocenters. The van der Waals surface area contributed by atoms with Gasteiger partial charge in [0.2, 0.25) is 0 Å². The number of fused-ring (bicyclic) bond motifs is 2. The number of benzene rings is 3. The minimum atomic E-state index is -0.259. The Morgan fingerprint density at radius 1 is 1.00 bits per heavy atom. The fourth-order valence-electron chi connectivity index (χ4n) is 4.15. The van der Waals surface area contributed by atoms with E-state index in [1.54, 1.807) is 11.6 Å². The van der Waals surface area contributed by atoms with E-state index < -0.39 is 0 Å². The third kappa shape index (κ3) is 3.58. The van der Waals surface area contributed by atoms with Gasteiger partial charge in [-0.05, 0) is 29.8 Å². The van der Waals surface area contributed by atoms with Gasteiger partial charge in [0.25, 0.3) is 5.56 Å². The van der Waals surface area contributed by atoms with Crippen LogP contribution in [-0.4, -0.2) is 21.4 Å². The maximum atomic E-state index is 13.3. The highest BCUT2D eigenvalue weighted by atomic mass is 16.3. The van der Waals surface area contributed by atoms with Crippen molar-refractivity contribution in [2.24, 2.45) is 12.0 Å². The van der Waals surface area contributed by atoms with Crippen LogP contribution in [0.25, 0.3) is 17.0 Å². The molecule has 0 fully saturated rings. The average molecular weight is 422 g/mol. The van der Waals surface area contributed by atoms with E-state index in [4.69, 9.17) is 4.99 Å². The van der Waals surface area contributed by atoms with Crippen LogP contribution in [-0.2, 0) is 7.05 Å². The molecule has 5 heteroatoms. The molecule has 1 aromatic heterocycles. The lowest BCUT2D eigenvalue weighted by molar-refractivity contribution is 0.478. The number of nitrogens with one attached hydrogen (secondary N) is 1. The Balaban J connectivity index is 1.65. The van der Waals surface area contributed by atoms with Crippen molar-refractivity contribution in [1.82, 2.24) is 4.57 Å². The first-order chi connectivity index (χ1) is 15.6. The predicted molar refractivity (Wildman–Crippen MR) is 131 cm³/mol. The van der Waals surface area contributed by atoms with Gasteiger partial charge in [-0.3, -0.25) is 9.79 Å². The van der Waals surface area contributed by atoms with Crippen molar-refractivity contribution in [3.63, 3.8) is 0 Å². The lowest BCUT2D eigenvalue weighted by atomic mass is 10.00. The summed E-state index contributed by atoms with van der Waals surface area (Å²) in [5.74, 6) is -0.0207. The molecule has 3 aromatic carbocycles. The van der Waals surface area contributed by atoms with Gasteiger partial charge in [-0.1, -0.05) is 66.7 Å². The molecule has 0 aliphatic carbocycles. The van der Waals surface area contributed by atoms with E-state index in [0.717, 1.165) is 16.9 Å². The average Bonchev–Trinajstić information content (AvgIpc) is 3.01. The molecule has 158 valence electrons. The van der Waals surface area contributed by atoms with Crippen molar-refractivity contribution in [2.45, 2.75) is 12.5 Å². The highest BCUT2D eigenvalue weighted by Gasteiger charge is 2.24. The molecule has 0 saturated heterocycles. The number of anilines is 1. The number of hydrogen-bond donors (Lipinski definition) is 2. The van der Waals surface area contributed by atoms with E-state index >= 15 is 0 Å². The van der Waals surface area contributed by atoms with Crippen LogP contribution in [0, 0.1) is 0 Å². The summed E-state index contributed by atoms with van der Waals surface area (Å²) in [5.41, 5.74) is 3.97. The monoisotopic (exact) mass is 421 g/mol. The van der Waals surface area contributed by atoms with Crippen molar-refractivity contribution >= 4 is 34.1 Å². The highest BCUT2D eigenvalue weighted by Crippen LogP contribution is 2.33. The Morgan fingerprint density at radius 3 is 2.56 bits per heavy atom. The number of aromatic hydroxyl groups is 1. The summed E-state index contributed by atoms with van der Waals surface area (Å²) < 4.78 is 1.58. The second-order valence-electron chi connectivity index (χ2n) is 7.91. The summed E-state index contributed by atoms with van der Waals surface area (Å²) in [4.78, 5) is 18.1. The molecule has 1 aliphatic rings. The molecule has 5 rings (SSSR count). The Labute approximate surface area is 186 Å². The van der Waals surface area contributed by atoms with Crippen molar-refractivity contribution in [3.05, 3.63) is 106 Å². The molecule has 32 heavy (non-hydrogen) atoms. The van der Waals surface area contributed by atoms with E-state index in [0.29, 0.717) is 23.0 Å². The topological polar surface area (TPSA) is 66.6 Å². The molecule has 0 saturated carbocycles. The summed E-state index contributed by atoms with van der Waals surface area (Å²) in [6.45, 7) is 0. The molecule has 5 nitrogen and oxygen atoms in total. The molecule has 0 bridgehead atoms. The van der Waals surface area contributed by atoms with Crippen LogP contribution < -0.4 is 10.9 Å². The van der Waals surface area contributed by atoms with E-state index in [1.807, 2.05) is 78.9 Å². The zero-order valence-electron chi connectivity index (χ0n) is 17.7. The lowest BCUT2D eigenvalue weighted by Crippen LogP contribution is -2.28. The Bertz CT molecular complexity index is 1420. The summed E-state index contributed by atoms with van der Waals surface area (Å²) >= 11 is 0. The number of aryl methyl sites for hydroxylation is 1. The van der Waals surface area contributed by atoms with Gasteiger partial charge in [0, 0.05) is 18.9 Å². The third-order valence-electron chi connectivity index (χ3n) is 5.80. The van der Waals surface area contributed by atoms with Crippen molar-refractivity contribution in [1.29, 1.82) is 0 Å². The molecule has 0 amide bonds. The van der Waals surface area contributed by atoms with Gasteiger partial charge in [-0.15, -0.1) is 0 Å². The first-order valence-corrected chi connectivity index (χ1v) is 10.6. The van der Waals surface area contributed by atoms with E-state index in [-0.39, 0.29) is 22.9 Å². The maximum absolute atomic E-state index is 13.3. The van der Waals surface area contributed by atoms with E-state index in [1.165, 1.54) is 0 Å². The quantitative estimate of drug-likeness (QED) is 0.474. The second kappa shape index (κ2) is 8.19. The molecule has 1 aliphatic heterocycles. The summed E-state index contributed by atoms with van der Waals surface area (Å²) in [6, 6.07) is 25.1. The lowest BCUT2D eigenvalue weighted by Gasteiger charge is -2.16. The number of hydrogen-bond acceptors (Lipinski definition) is 4. The first kappa shape index (κ1) is 19.8. The molecule has 2 N–H and O–H groups in total. The maximum Gasteiger partial charge on any atom is 0.263 e. The number of aromatic nitrogens is 1. The van der Waals surface area contributed by atoms with Gasteiger partial charge in [0.15, 0.2) is 0 Å². The predicted octanol–water partition coefficient (Wildman–Crippen LogP) is 5.26. The molecule has 0 spiro atoms. The van der Waals surface area contributed by atoms with Crippen LogP contribution in [0.15, 0.2) is 94.7 Å². The number of pyridine rings is 1. The van der Waals surface area contributed by atoms with E-state index in [9.17, 15) is 9.90 Å². The minimum Gasteiger partial charge on any atom is -0.506 e. The Hall–Kier alpha value is -4.12. The number of aliphatic imine (C=N–C) groups is 1. The second-order valence-corrected chi connectivity index (χ2v) is 7.91. The van der Waals surface area contributed by atoms with Gasteiger partial charge < -0.3 is 15.0 Å². The molecular formula is C27H23N3O2. The van der Waals surface area contributed by atoms with Crippen LogP contribution in [0.1, 0.15) is 17.5 Å². The molecule has 2 heterocycles. The van der Waals surface area contributed by atoms with Crippen molar-refractivity contribution < 1.29 is 5.11 Å². The highest BCUT2D eigenvalue weighted by molar-refractivity contribution is 6.09. The zero-order valence-corrected chi connectivity index (χ0v) is 17.7. The Kier molecular flexibility index (Phi) is 5.07. The van der Waals surface area contributed by atoms with Crippen LogP contribution in [0.3, 0.4) is 0 Å². The molecule has 0 radical (unpaired) electrons. The summed E-state index contributed by atoms with van der Waals surface area (Å²) in [5, 5.41) is 15.3. The van der Waals surface area contributed by atoms with Gasteiger partial charge in [-0.25, -0.2) is 0 Å². The van der Waals surface area contributed by atoms with Gasteiger partial charge >= 0.3 is 0 Å². The van der Waals surface area contributed by atoms with Gasteiger partial charge in [0.1, 0.15) is 11.3 Å². The SMILES string of the molecule is Cn1c(=O)c(C2=Nc3ccccc3N[C@H](/C=C/c3ccccc3)C2)c(O)c2ccccc21. The molecule has 4 aromatic rings. The number of rotatable bonds is 3. The standard InChI is InChI=1S/C27H23N3O2/c1-30-24-14-8-5-11-20(24)26(31)25(27(30)32)23-17-19(16-15-18-9-3-2-4-10-18)28-21-12-6-7-13-22(21)29-23/h2-16,19,28,31H,17H2,1H3/b16-15+/t19-/m1/s1. The van der Waals surface area contributed by atoms with Gasteiger partial charge in [0.05, 0.1) is 28.6 Å².